The predicted molar refractivity (Wildman–Crippen MR) is 142 cm³/mol. The van der Waals surface area contributed by atoms with E-state index < -0.39 is 0 Å². The number of aromatic nitrogens is 3. The lowest BCUT2D eigenvalue weighted by Crippen LogP contribution is -2.20. The highest BCUT2D eigenvalue weighted by Gasteiger charge is 2.18. The van der Waals surface area contributed by atoms with Crippen LogP contribution in [0.25, 0.3) is 44.4 Å². The lowest BCUT2D eigenvalue weighted by molar-refractivity contribution is 0.0939. The highest BCUT2D eigenvalue weighted by molar-refractivity contribution is 6.31. The fourth-order valence-corrected chi connectivity index (χ4v) is 4.77. The van der Waals surface area contributed by atoms with Crippen LogP contribution in [-0.4, -0.2) is 26.3 Å². The molecule has 0 amide bonds. The van der Waals surface area contributed by atoms with Gasteiger partial charge in [0.2, 0.25) is 11.7 Å². The van der Waals surface area contributed by atoms with E-state index in [4.69, 9.17) is 21.0 Å². The van der Waals surface area contributed by atoms with E-state index in [1.165, 1.54) is 11.6 Å². The molecule has 0 aliphatic rings. The number of fused-ring (bicyclic) bond motifs is 3. The molecule has 0 radical (unpaired) electrons. The summed E-state index contributed by atoms with van der Waals surface area (Å²) in [6.07, 6.45) is 1.60. The Morgan fingerprint density at radius 2 is 1.78 bits per heavy atom. The molecule has 3 heterocycles. The maximum Gasteiger partial charge on any atom is 0.282 e. The molecular formula is C28H19ClN4O3. The minimum Gasteiger partial charge on any atom is -0.453 e. The molecule has 7 nitrogen and oxygen atoms in total. The van der Waals surface area contributed by atoms with Gasteiger partial charge < -0.3 is 4.42 Å². The van der Waals surface area contributed by atoms with Crippen LogP contribution in [0, 0.1) is 6.92 Å². The third-order valence-electron chi connectivity index (χ3n) is 6.23. The highest BCUT2D eigenvalue weighted by atomic mass is 35.5. The van der Waals surface area contributed by atoms with E-state index in [1.807, 2.05) is 37.3 Å². The first kappa shape index (κ1) is 22.0. The fraction of sp³-hybridized carbons (Fsp3) is 0.0714. The molecule has 0 saturated carbocycles. The third kappa shape index (κ3) is 3.44. The van der Waals surface area contributed by atoms with E-state index in [1.54, 1.807) is 53.2 Å². The minimum absolute atomic E-state index is 0.102. The van der Waals surface area contributed by atoms with Gasteiger partial charge in [-0.25, -0.2) is 4.98 Å². The van der Waals surface area contributed by atoms with E-state index in [2.05, 4.69) is 5.10 Å². The van der Waals surface area contributed by atoms with Crippen molar-refractivity contribution in [1.29, 1.82) is 0 Å². The van der Waals surface area contributed by atoms with Gasteiger partial charge in [0.15, 0.2) is 5.76 Å². The number of hydrogen-bond donors (Lipinski definition) is 0. The number of rotatable bonds is 3. The summed E-state index contributed by atoms with van der Waals surface area (Å²) in [5, 5.41) is 7.23. The second-order valence-electron chi connectivity index (χ2n) is 8.48. The van der Waals surface area contributed by atoms with Crippen molar-refractivity contribution in [1.82, 2.24) is 14.2 Å². The van der Waals surface area contributed by atoms with E-state index in [0.29, 0.717) is 27.3 Å². The molecule has 0 fully saturated rings. The molecule has 0 spiro atoms. The van der Waals surface area contributed by atoms with Gasteiger partial charge in [0.25, 0.3) is 5.56 Å². The lowest BCUT2D eigenvalue weighted by atomic mass is 10.1. The Balaban J connectivity index is 1.60. The van der Waals surface area contributed by atoms with Crippen LogP contribution in [0.4, 0.5) is 0 Å². The van der Waals surface area contributed by atoms with Crippen molar-refractivity contribution in [3.05, 3.63) is 99.4 Å². The third-order valence-corrected chi connectivity index (χ3v) is 6.47. The van der Waals surface area contributed by atoms with Gasteiger partial charge in [0.05, 0.1) is 22.6 Å². The predicted octanol–water partition coefficient (Wildman–Crippen LogP) is 6.27. The lowest BCUT2D eigenvalue weighted by Gasteiger charge is -2.07. The summed E-state index contributed by atoms with van der Waals surface area (Å²) in [6.45, 7) is 3.37. The molecule has 3 aromatic carbocycles. The number of carbonyl (C=O) groups is 1. The van der Waals surface area contributed by atoms with Gasteiger partial charge in [-0.2, -0.15) is 9.78 Å². The molecule has 0 aliphatic carbocycles. The first-order valence-corrected chi connectivity index (χ1v) is 11.7. The largest absolute Gasteiger partial charge is 0.453 e. The Labute approximate surface area is 209 Å². The minimum atomic E-state index is -0.335. The van der Waals surface area contributed by atoms with Crippen LogP contribution in [-0.2, 0) is 0 Å². The number of halogens is 1. The van der Waals surface area contributed by atoms with Crippen LogP contribution in [0.3, 0.4) is 0 Å². The molecule has 0 unspecified atom stereocenters. The molecule has 0 atom stereocenters. The number of benzene rings is 3. The average molecular weight is 495 g/mol. The molecule has 6 rings (SSSR count). The summed E-state index contributed by atoms with van der Waals surface area (Å²) >= 11 is 6.15. The Morgan fingerprint density at radius 1 is 1.03 bits per heavy atom. The highest BCUT2D eigenvalue weighted by Crippen LogP contribution is 2.29. The van der Waals surface area contributed by atoms with Gasteiger partial charge in [-0.05, 0) is 49.4 Å². The molecule has 0 saturated heterocycles. The monoisotopic (exact) mass is 494 g/mol. The zero-order valence-electron chi connectivity index (χ0n) is 19.4. The smallest absolute Gasteiger partial charge is 0.282 e. The second kappa shape index (κ2) is 8.32. The zero-order chi connectivity index (χ0) is 25.0. The summed E-state index contributed by atoms with van der Waals surface area (Å²) < 4.78 is 8.91. The normalized spacial score (nSPS) is 11.9. The van der Waals surface area contributed by atoms with Crippen molar-refractivity contribution in [2.45, 2.75) is 13.8 Å². The van der Waals surface area contributed by atoms with Crippen molar-refractivity contribution >= 4 is 56.5 Å². The molecule has 0 aliphatic heterocycles. The first-order chi connectivity index (χ1) is 17.4. The van der Waals surface area contributed by atoms with Crippen LogP contribution in [0.2, 0.25) is 5.02 Å². The number of nitrogens with zero attached hydrogens (tertiary/aromatic N) is 4. The SMILES string of the molecule is CC(=O)n1c(C)c(C=Nn2c(-c3cc4cc(Cl)ccc4o3)nc3ccccc3c2=O)c2ccccc21. The van der Waals surface area contributed by atoms with Gasteiger partial charge >= 0.3 is 0 Å². The van der Waals surface area contributed by atoms with E-state index in [-0.39, 0.29) is 17.3 Å². The quantitative estimate of drug-likeness (QED) is 0.271. The maximum atomic E-state index is 13.6. The van der Waals surface area contributed by atoms with E-state index in [9.17, 15) is 9.59 Å². The number of furan rings is 1. The van der Waals surface area contributed by atoms with Crippen LogP contribution in [0.1, 0.15) is 23.0 Å². The summed E-state index contributed by atoms with van der Waals surface area (Å²) in [5.74, 6) is 0.542. The van der Waals surface area contributed by atoms with E-state index >= 15 is 0 Å². The van der Waals surface area contributed by atoms with Crippen molar-refractivity contribution in [3.8, 4) is 11.6 Å². The summed E-state index contributed by atoms with van der Waals surface area (Å²) in [6, 6.07) is 21.8. The number of para-hydroxylation sites is 2. The van der Waals surface area contributed by atoms with Crippen LogP contribution < -0.4 is 5.56 Å². The molecular weight excluding hydrogens is 476 g/mol. The van der Waals surface area contributed by atoms with Gasteiger partial charge in [-0.1, -0.05) is 41.9 Å². The summed E-state index contributed by atoms with van der Waals surface area (Å²) in [7, 11) is 0. The molecule has 3 aromatic heterocycles. The van der Waals surface area contributed by atoms with Crippen LogP contribution in [0.5, 0.6) is 0 Å². The fourth-order valence-electron chi connectivity index (χ4n) is 4.59. The molecule has 6 aromatic rings. The molecule has 176 valence electrons. The Hall–Kier alpha value is -4.49. The van der Waals surface area contributed by atoms with Crippen LogP contribution in [0.15, 0.2) is 87.1 Å². The number of hydrogen-bond acceptors (Lipinski definition) is 5. The molecule has 8 heteroatoms. The van der Waals surface area contributed by atoms with E-state index in [0.717, 1.165) is 27.5 Å². The Morgan fingerprint density at radius 3 is 2.58 bits per heavy atom. The van der Waals surface area contributed by atoms with Gasteiger partial charge in [0.1, 0.15) is 5.58 Å². The maximum absolute atomic E-state index is 13.6. The number of carbonyl (C=O) groups excluding carboxylic acids is 1. The zero-order valence-corrected chi connectivity index (χ0v) is 20.2. The summed E-state index contributed by atoms with van der Waals surface area (Å²) in [5.41, 5.74) is 3.07. The van der Waals surface area contributed by atoms with Gasteiger partial charge in [0, 0.05) is 34.0 Å². The van der Waals surface area contributed by atoms with Crippen molar-refractivity contribution in [3.63, 3.8) is 0 Å². The molecule has 0 bridgehead atoms. The van der Waals surface area contributed by atoms with Crippen molar-refractivity contribution < 1.29 is 9.21 Å². The Kier molecular flexibility index (Phi) is 5.09. The molecule has 36 heavy (non-hydrogen) atoms. The van der Waals surface area contributed by atoms with Gasteiger partial charge in [-0.3, -0.25) is 14.2 Å². The van der Waals surface area contributed by atoms with Crippen LogP contribution >= 0.6 is 11.6 Å². The summed E-state index contributed by atoms with van der Waals surface area (Å²) in [4.78, 5) is 30.6. The van der Waals surface area contributed by atoms with Gasteiger partial charge in [-0.15, -0.1) is 0 Å². The standard InChI is InChI=1S/C28H19ClN4O3/c1-16-22(20-7-4-6-10-24(20)32(16)17(2)34)15-30-33-27(31-23-9-5-3-8-21(23)28(33)35)26-14-18-13-19(29)11-12-25(18)36-26/h3-15H,1-2H3. The Bertz CT molecular complexity index is 1930. The first-order valence-electron chi connectivity index (χ1n) is 11.3. The molecule has 0 N–H and O–H groups in total. The van der Waals surface area contributed by atoms with Crippen molar-refractivity contribution in [2.24, 2.45) is 5.10 Å². The average Bonchev–Trinajstić information content (AvgIpc) is 3.41. The second-order valence-corrected chi connectivity index (χ2v) is 8.91. The topological polar surface area (TPSA) is 82.4 Å². The van der Waals surface area contributed by atoms with Crippen molar-refractivity contribution in [2.75, 3.05) is 0 Å².